The topological polar surface area (TPSA) is 41.1 Å². The highest BCUT2D eigenvalue weighted by Crippen LogP contribution is 2.47. The fraction of sp³-hybridized carbons (Fsp3) is 0.929. The van der Waals surface area contributed by atoms with Crippen molar-refractivity contribution < 1.29 is 4.79 Å². The van der Waals surface area contributed by atoms with Crippen molar-refractivity contribution in [1.82, 2.24) is 10.6 Å². The molecule has 1 heterocycles. The minimum absolute atomic E-state index is 0.273. The van der Waals surface area contributed by atoms with E-state index in [1.54, 1.807) is 0 Å². The molecule has 3 rings (SSSR count). The monoisotopic (exact) mass is 236 g/mol. The number of piperidine rings is 1. The lowest BCUT2D eigenvalue weighted by Crippen LogP contribution is -2.40. The summed E-state index contributed by atoms with van der Waals surface area (Å²) in [7, 11) is 0. The summed E-state index contributed by atoms with van der Waals surface area (Å²) >= 11 is 0. The fourth-order valence-electron chi connectivity index (χ4n) is 4.09. The molecule has 3 nitrogen and oxygen atoms in total. The van der Waals surface area contributed by atoms with E-state index in [1.807, 2.05) is 0 Å². The van der Waals surface area contributed by atoms with Crippen molar-refractivity contribution in [3.05, 3.63) is 0 Å². The molecule has 2 aliphatic carbocycles. The van der Waals surface area contributed by atoms with Crippen LogP contribution in [0.3, 0.4) is 0 Å². The maximum absolute atomic E-state index is 12.0. The summed E-state index contributed by atoms with van der Waals surface area (Å²) in [5.74, 6) is 3.29. The Morgan fingerprint density at radius 3 is 2.59 bits per heavy atom. The van der Waals surface area contributed by atoms with Crippen LogP contribution in [0.15, 0.2) is 0 Å². The molecule has 0 spiro atoms. The first-order chi connectivity index (χ1) is 8.33. The Morgan fingerprint density at radius 1 is 1.12 bits per heavy atom. The van der Waals surface area contributed by atoms with E-state index < -0.39 is 0 Å². The third-order valence-corrected chi connectivity index (χ3v) is 5.13. The van der Waals surface area contributed by atoms with Crippen LogP contribution in [0, 0.1) is 23.7 Å². The molecule has 3 unspecified atom stereocenters. The maximum atomic E-state index is 12.0. The summed E-state index contributed by atoms with van der Waals surface area (Å²) in [4.78, 5) is 12.0. The van der Waals surface area contributed by atoms with Crippen LogP contribution in [0.4, 0.5) is 0 Å². The summed E-state index contributed by atoms with van der Waals surface area (Å²) < 4.78 is 0. The van der Waals surface area contributed by atoms with E-state index in [0.717, 1.165) is 50.2 Å². The lowest BCUT2D eigenvalue weighted by Gasteiger charge is -2.25. The molecule has 17 heavy (non-hydrogen) atoms. The van der Waals surface area contributed by atoms with Crippen LogP contribution in [0.2, 0.25) is 0 Å². The van der Waals surface area contributed by atoms with Crippen LogP contribution in [-0.2, 0) is 4.79 Å². The van der Waals surface area contributed by atoms with Gasteiger partial charge in [-0.1, -0.05) is 6.42 Å². The molecule has 3 aliphatic rings. The van der Waals surface area contributed by atoms with E-state index in [0.29, 0.717) is 5.91 Å². The Kier molecular flexibility index (Phi) is 3.37. The Balaban J connectivity index is 1.43. The van der Waals surface area contributed by atoms with Crippen LogP contribution < -0.4 is 10.6 Å². The van der Waals surface area contributed by atoms with Crippen molar-refractivity contribution >= 4 is 5.91 Å². The first-order valence-corrected chi connectivity index (χ1v) is 7.31. The number of hydrogen-bond acceptors (Lipinski definition) is 2. The standard InChI is InChI=1S/C14H24N2O/c17-14(11-3-5-15-6-4-11)16-9-13-8-10-1-2-12(13)7-10/h10-13,15H,1-9H2,(H,16,17). The molecule has 1 amide bonds. The average Bonchev–Trinajstić information content (AvgIpc) is 2.99. The normalized spacial score (nSPS) is 37.3. The molecule has 2 saturated carbocycles. The van der Waals surface area contributed by atoms with Crippen molar-refractivity contribution in [3.8, 4) is 0 Å². The highest BCUT2D eigenvalue weighted by atomic mass is 16.1. The van der Waals surface area contributed by atoms with Gasteiger partial charge in [-0.15, -0.1) is 0 Å². The van der Waals surface area contributed by atoms with E-state index in [4.69, 9.17) is 0 Å². The van der Waals surface area contributed by atoms with E-state index in [1.165, 1.54) is 25.7 Å². The number of nitrogens with one attached hydrogen (secondary N) is 2. The number of hydrogen-bond donors (Lipinski definition) is 2. The zero-order valence-corrected chi connectivity index (χ0v) is 10.6. The molecule has 1 saturated heterocycles. The second kappa shape index (κ2) is 4.97. The van der Waals surface area contributed by atoms with Gasteiger partial charge in [0.25, 0.3) is 0 Å². The molecule has 96 valence electrons. The number of carbonyl (C=O) groups excluding carboxylic acids is 1. The van der Waals surface area contributed by atoms with Crippen LogP contribution in [0.5, 0.6) is 0 Å². The Hall–Kier alpha value is -0.570. The number of fused-ring (bicyclic) bond motifs is 2. The molecule has 1 aliphatic heterocycles. The zero-order chi connectivity index (χ0) is 11.7. The number of rotatable bonds is 3. The molecule has 2 bridgehead atoms. The van der Waals surface area contributed by atoms with Crippen LogP contribution in [-0.4, -0.2) is 25.5 Å². The number of carbonyl (C=O) groups is 1. The van der Waals surface area contributed by atoms with Gasteiger partial charge in [0.15, 0.2) is 0 Å². The van der Waals surface area contributed by atoms with Gasteiger partial charge in [0.2, 0.25) is 5.91 Å². The van der Waals surface area contributed by atoms with Gasteiger partial charge in [0, 0.05) is 12.5 Å². The first kappa shape index (κ1) is 11.5. The van der Waals surface area contributed by atoms with E-state index in [9.17, 15) is 4.79 Å². The molecular formula is C14H24N2O. The van der Waals surface area contributed by atoms with E-state index in [-0.39, 0.29) is 5.92 Å². The summed E-state index contributed by atoms with van der Waals surface area (Å²) in [6.45, 7) is 2.96. The molecule has 0 aromatic heterocycles. The SMILES string of the molecule is O=C(NCC1CC2CCC1C2)C1CCNCC1. The molecule has 3 atom stereocenters. The van der Waals surface area contributed by atoms with Crippen molar-refractivity contribution in [1.29, 1.82) is 0 Å². The van der Waals surface area contributed by atoms with Crippen molar-refractivity contribution in [3.63, 3.8) is 0 Å². The van der Waals surface area contributed by atoms with Gasteiger partial charge in [-0.2, -0.15) is 0 Å². The molecule has 3 heteroatoms. The van der Waals surface area contributed by atoms with Gasteiger partial charge in [0.1, 0.15) is 0 Å². The molecule has 0 aromatic rings. The van der Waals surface area contributed by atoms with E-state index >= 15 is 0 Å². The van der Waals surface area contributed by atoms with Gasteiger partial charge in [0.05, 0.1) is 0 Å². The quantitative estimate of drug-likeness (QED) is 0.780. The Labute approximate surface area is 104 Å². The summed E-state index contributed by atoms with van der Waals surface area (Å²) in [5.41, 5.74) is 0. The van der Waals surface area contributed by atoms with Crippen molar-refractivity contribution in [2.45, 2.75) is 38.5 Å². The highest BCUT2D eigenvalue weighted by molar-refractivity contribution is 5.78. The molecule has 0 aromatic carbocycles. The maximum Gasteiger partial charge on any atom is 0.223 e. The second-order valence-electron chi connectivity index (χ2n) is 6.20. The second-order valence-corrected chi connectivity index (χ2v) is 6.20. The lowest BCUT2D eigenvalue weighted by atomic mass is 9.88. The predicted molar refractivity (Wildman–Crippen MR) is 67.5 cm³/mol. The molecule has 2 N–H and O–H groups in total. The minimum atomic E-state index is 0.273. The van der Waals surface area contributed by atoms with Crippen molar-refractivity contribution in [2.24, 2.45) is 23.7 Å². The zero-order valence-electron chi connectivity index (χ0n) is 10.6. The third kappa shape index (κ3) is 2.49. The van der Waals surface area contributed by atoms with Crippen LogP contribution in [0.1, 0.15) is 38.5 Å². The third-order valence-electron chi connectivity index (χ3n) is 5.13. The fourth-order valence-corrected chi connectivity index (χ4v) is 4.09. The smallest absolute Gasteiger partial charge is 0.223 e. The van der Waals surface area contributed by atoms with Gasteiger partial charge >= 0.3 is 0 Å². The molecule has 3 fully saturated rings. The largest absolute Gasteiger partial charge is 0.356 e. The summed E-state index contributed by atoms with van der Waals surface area (Å²) in [5, 5.41) is 6.52. The van der Waals surface area contributed by atoms with E-state index in [2.05, 4.69) is 10.6 Å². The van der Waals surface area contributed by atoms with Crippen molar-refractivity contribution in [2.75, 3.05) is 19.6 Å². The molecule has 0 radical (unpaired) electrons. The summed E-state index contributed by atoms with van der Waals surface area (Å²) in [6.07, 6.45) is 7.71. The van der Waals surface area contributed by atoms with Gasteiger partial charge in [-0.3, -0.25) is 4.79 Å². The average molecular weight is 236 g/mol. The highest BCUT2D eigenvalue weighted by Gasteiger charge is 2.39. The van der Waals surface area contributed by atoms with Crippen LogP contribution >= 0.6 is 0 Å². The predicted octanol–water partition coefficient (Wildman–Crippen LogP) is 1.54. The Morgan fingerprint density at radius 2 is 1.94 bits per heavy atom. The molecular weight excluding hydrogens is 212 g/mol. The van der Waals surface area contributed by atoms with Gasteiger partial charge in [-0.05, 0) is 62.9 Å². The summed E-state index contributed by atoms with van der Waals surface area (Å²) in [6, 6.07) is 0. The lowest BCUT2D eigenvalue weighted by molar-refractivity contribution is -0.126. The number of amides is 1. The Bertz CT molecular complexity index is 286. The first-order valence-electron chi connectivity index (χ1n) is 7.31. The van der Waals surface area contributed by atoms with Crippen LogP contribution in [0.25, 0.3) is 0 Å². The minimum Gasteiger partial charge on any atom is -0.356 e. The van der Waals surface area contributed by atoms with Gasteiger partial charge in [-0.25, -0.2) is 0 Å². The van der Waals surface area contributed by atoms with Gasteiger partial charge < -0.3 is 10.6 Å².